The largest absolute Gasteiger partial charge is 0.507 e. The number of ether oxygens (including phenoxy) is 1. The van der Waals surface area contributed by atoms with Crippen molar-refractivity contribution in [3.8, 4) is 17.2 Å². The van der Waals surface area contributed by atoms with Crippen LogP contribution in [0.2, 0.25) is 0 Å². The second-order valence-electron chi connectivity index (χ2n) is 6.17. The molecule has 130 valence electrons. The van der Waals surface area contributed by atoms with Gasteiger partial charge in [-0.25, -0.2) is 4.39 Å². The lowest BCUT2D eigenvalue weighted by atomic mass is 10.1. The van der Waals surface area contributed by atoms with Gasteiger partial charge in [-0.3, -0.25) is 4.79 Å². The number of hydrogen-bond acceptors (Lipinski definition) is 4. The molecule has 5 nitrogen and oxygen atoms in total. The van der Waals surface area contributed by atoms with E-state index in [2.05, 4.69) is 0 Å². The quantitative estimate of drug-likeness (QED) is 0.763. The van der Waals surface area contributed by atoms with Gasteiger partial charge in [-0.1, -0.05) is 12.1 Å². The van der Waals surface area contributed by atoms with Crippen LogP contribution in [0.1, 0.15) is 11.3 Å². The first-order chi connectivity index (χ1) is 11.9. The minimum Gasteiger partial charge on any atom is -0.507 e. The smallest absolute Gasteiger partial charge is 0.235 e. The highest BCUT2D eigenvalue weighted by Gasteiger charge is 2.20. The van der Waals surface area contributed by atoms with Gasteiger partial charge in [-0.2, -0.15) is 0 Å². The van der Waals surface area contributed by atoms with Gasteiger partial charge in [0.15, 0.2) is 17.1 Å². The highest BCUT2D eigenvalue weighted by molar-refractivity contribution is 5.83. The second kappa shape index (κ2) is 6.57. The van der Waals surface area contributed by atoms with E-state index in [0.29, 0.717) is 17.7 Å². The summed E-state index contributed by atoms with van der Waals surface area (Å²) in [7, 11) is 3.86. The zero-order valence-corrected chi connectivity index (χ0v) is 14.2. The van der Waals surface area contributed by atoms with Crippen LogP contribution in [0.25, 0.3) is 11.0 Å². The van der Waals surface area contributed by atoms with Gasteiger partial charge in [-0.05, 0) is 31.2 Å². The Morgan fingerprint density at radius 1 is 1.20 bits per heavy atom. The number of phenols is 1. The number of rotatable bonds is 4. The van der Waals surface area contributed by atoms with Gasteiger partial charge in [0, 0.05) is 0 Å². The summed E-state index contributed by atoms with van der Waals surface area (Å²) < 4.78 is 25.1. The molecule has 2 aromatic carbocycles. The maximum Gasteiger partial charge on any atom is 0.235 e. The molecule has 25 heavy (non-hydrogen) atoms. The lowest BCUT2D eigenvalue weighted by Crippen LogP contribution is -3.04. The molecule has 3 aromatic rings. The molecule has 0 saturated heterocycles. The molecule has 6 heteroatoms. The molecular weight excluding hydrogens is 325 g/mol. The third-order valence-electron chi connectivity index (χ3n) is 3.84. The van der Waals surface area contributed by atoms with Crippen LogP contribution < -0.4 is 15.1 Å². The summed E-state index contributed by atoms with van der Waals surface area (Å²) in [4.78, 5) is 13.9. The number of phenolic OH excluding ortho intramolecular Hbond substituents is 1. The minimum atomic E-state index is -0.566. The van der Waals surface area contributed by atoms with Gasteiger partial charge >= 0.3 is 0 Å². The number of benzene rings is 2. The fourth-order valence-corrected chi connectivity index (χ4v) is 2.67. The lowest BCUT2D eigenvalue weighted by molar-refractivity contribution is -0.872. The van der Waals surface area contributed by atoms with Crippen molar-refractivity contribution in [2.24, 2.45) is 0 Å². The Hall–Kier alpha value is -2.86. The zero-order chi connectivity index (χ0) is 18.1. The maximum atomic E-state index is 13.8. The number of para-hydroxylation sites is 1. The molecule has 0 atom stereocenters. The first-order valence-corrected chi connectivity index (χ1v) is 7.88. The Morgan fingerprint density at radius 3 is 2.60 bits per heavy atom. The van der Waals surface area contributed by atoms with Crippen molar-refractivity contribution < 1.29 is 23.6 Å². The van der Waals surface area contributed by atoms with E-state index >= 15 is 0 Å². The third-order valence-corrected chi connectivity index (χ3v) is 3.84. The number of aryl methyl sites for hydroxylation is 1. The Morgan fingerprint density at radius 2 is 1.92 bits per heavy atom. The van der Waals surface area contributed by atoms with E-state index in [1.807, 2.05) is 14.1 Å². The van der Waals surface area contributed by atoms with E-state index in [1.54, 1.807) is 13.0 Å². The number of aromatic hydroxyl groups is 1. The number of nitrogens with one attached hydrogen (secondary N) is 1. The molecule has 0 aliphatic heterocycles. The average Bonchev–Trinajstić information content (AvgIpc) is 2.55. The fourth-order valence-electron chi connectivity index (χ4n) is 2.67. The van der Waals surface area contributed by atoms with E-state index in [1.165, 1.54) is 30.3 Å². The monoisotopic (exact) mass is 344 g/mol. The maximum absolute atomic E-state index is 13.8. The minimum absolute atomic E-state index is 0.0472. The van der Waals surface area contributed by atoms with Gasteiger partial charge in [0.25, 0.3) is 0 Å². The van der Waals surface area contributed by atoms with Gasteiger partial charge in [0.2, 0.25) is 11.2 Å². The van der Waals surface area contributed by atoms with Crippen molar-refractivity contribution >= 4 is 11.0 Å². The number of fused-ring (bicyclic) bond motifs is 1. The molecule has 0 aliphatic rings. The molecule has 0 radical (unpaired) electrons. The molecule has 3 rings (SSSR count). The van der Waals surface area contributed by atoms with Gasteiger partial charge in [-0.15, -0.1) is 0 Å². The van der Waals surface area contributed by atoms with E-state index in [0.717, 1.165) is 4.90 Å². The normalized spacial score (nSPS) is 11.2. The van der Waals surface area contributed by atoms with Crippen LogP contribution in [-0.2, 0) is 6.54 Å². The van der Waals surface area contributed by atoms with Crippen molar-refractivity contribution in [1.82, 2.24) is 0 Å². The van der Waals surface area contributed by atoms with Gasteiger partial charge in [0.1, 0.15) is 18.1 Å². The highest BCUT2D eigenvalue weighted by Crippen LogP contribution is 2.31. The number of halogens is 1. The topological polar surface area (TPSA) is 64.1 Å². The molecular formula is C19H19FNO4+. The zero-order valence-electron chi connectivity index (χ0n) is 14.2. The summed E-state index contributed by atoms with van der Waals surface area (Å²) in [5.74, 6) is -0.384. The molecule has 0 saturated carbocycles. The molecule has 0 amide bonds. The molecule has 2 N–H and O–H groups in total. The Labute approximate surface area is 143 Å². The van der Waals surface area contributed by atoms with E-state index < -0.39 is 11.2 Å². The first-order valence-electron chi connectivity index (χ1n) is 7.88. The SMILES string of the molecule is Cc1oc2c(C[NH+](C)C)c(O)ccc2c(=O)c1Oc1ccccc1F. The van der Waals surface area contributed by atoms with Crippen LogP contribution in [0, 0.1) is 12.7 Å². The summed E-state index contributed by atoms with van der Waals surface area (Å²) in [5, 5.41) is 10.4. The van der Waals surface area contributed by atoms with Crippen molar-refractivity contribution in [1.29, 1.82) is 0 Å². The van der Waals surface area contributed by atoms with Crippen LogP contribution in [0.5, 0.6) is 17.2 Å². The van der Waals surface area contributed by atoms with Crippen molar-refractivity contribution in [3.05, 3.63) is 63.8 Å². The molecule has 0 bridgehead atoms. The molecule has 0 unspecified atom stereocenters. The van der Waals surface area contributed by atoms with Crippen LogP contribution in [0.4, 0.5) is 4.39 Å². The van der Waals surface area contributed by atoms with Crippen molar-refractivity contribution in [2.75, 3.05) is 14.1 Å². The van der Waals surface area contributed by atoms with Gasteiger partial charge < -0.3 is 19.2 Å². The molecule has 0 fully saturated rings. The fraction of sp³-hybridized carbons (Fsp3) is 0.211. The lowest BCUT2D eigenvalue weighted by Gasteiger charge is -2.13. The summed E-state index contributed by atoms with van der Waals surface area (Å²) >= 11 is 0. The summed E-state index contributed by atoms with van der Waals surface area (Å²) in [6.07, 6.45) is 0. The molecule has 0 spiro atoms. The Balaban J connectivity index is 2.19. The predicted molar refractivity (Wildman–Crippen MR) is 91.9 cm³/mol. The molecule has 1 aromatic heterocycles. The molecule has 1 heterocycles. The van der Waals surface area contributed by atoms with E-state index in [4.69, 9.17) is 9.15 Å². The van der Waals surface area contributed by atoms with Gasteiger partial charge in [0.05, 0.1) is 25.0 Å². The highest BCUT2D eigenvalue weighted by atomic mass is 19.1. The average molecular weight is 344 g/mol. The van der Waals surface area contributed by atoms with Crippen molar-refractivity contribution in [3.63, 3.8) is 0 Å². The summed E-state index contributed by atoms with van der Waals surface area (Å²) in [6, 6.07) is 8.79. The van der Waals surface area contributed by atoms with Crippen LogP contribution in [0.3, 0.4) is 0 Å². The summed E-state index contributed by atoms with van der Waals surface area (Å²) in [6.45, 7) is 2.06. The first kappa shape index (κ1) is 17.0. The Kier molecular flexibility index (Phi) is 4.46. The standard InChI is InChI=1S/C19H18FNO4/c1-11-18(25-16-7-5-4-6-14(16)20)17(23)12-8-9-15(22)13(10-21(2)3)19(12)24-11/h4-9,22H,10H2,1-3H3/p+1. The third kappa shape index (κ3) is 3.21. The second-order valence-corrected chi connectivity index (χ2v) is 6.17. The van der Waals surface area contributed by atoms with Crippen molar-refractivity contribution in [2.45, 2.75) is 13.5 Å². The van der Waals surface area contributed by atoms with Crippen LogP contribution >= 0.6 is 0 Å². The Bertz CT molecular complexity index is 995. The number of quaternary nitrogens is 1. The van der Waals surface area contributed by atoms with E-state index in [9.17, 15) is 14.3 Å². The number of hydrogen-bond donors (Lipinski definition) is 2. The molecule has 0 aliphatic carbocycles. The predicted octanol–water partition coefficient (Wildman–Crippen LogP) is 2.38. The van der Waals surface area contributed by atoms with Crippen LogP contribution in [-0.4, -0.2) is 19.2 Å². The van der Waals surface area contributed by atoms with E-state index in [-0.39, 0.29) is 28.4 Å². The van der Waals surface area contributed by atoms with Crippen LogP contribution in [0.15, 0.2) is 45.6 Å². The summed E-state index contributed by atoms with van der Waals surface area (Å²) in [5.41, 5.74) is 0.469.